The fourth-order valence-corrected chi connectivity index (χ4v) is 3.77. The third kappa shape index (κ3) is 2.94. The molecular weight excluding hydrogens is 294 g/mol. The molecule has 1 aliphatic carbocycles. The lowest BCUT2D eigenvalue weighted by Gasteiger charge is -2.34. The molecule has 0 N–H and O–H groups in total. The Hall–Kier alpha value is -1.62. The highest BCUT2D eigenvalue weighted by Gasteiger charge is 2.38. The van der Waals surface area contributed by atoms with Crippen molar-refractivity contribution in [3.05, 3.63) is 22.6 Å². The average Bonchev–Trinajstić information content (AvgIpc) is 2.72. The van der Waals surface area contributed by atoms with E-state index in [9.17, 15) is 9.59 Å². The molecule has 2 atom stereocenters. The van der Waals surface area contributed by atoms with E-state index < -0.39 is 0 Å². The van der Waals surface area contributed by atoms with Gasteiger partial charge in [-0.05, 0) is 26.2 Å². The summed E-state index contributed by atoms with van der Waals surface area (Å²) >= 11 is 0. The van der Waals surface area contributed by atoms with Crippen LogP contribution in [0.1, 0.15) is 66.4 Å². The minimum absolute atomic E-state index is 0.00755. The van der Waals surface area contributed by atoms with Gasteiger partial charge in [-0.2, -0.15) is 0 Å². The molecule has 0 saturated carbocycles. The van der Waals surface area contributed by atoms with Gasteiger partial charge in [-0.1, -0.05) is 13.8 Å². The molecule has 3 rings (SSSR count). The number of carbonyl (C=O) groups excluding carboxylic acids is 2. The van der Waals surface area contributed by atoms with E-state index in [1.165, 1.54) is 0 Å². The number of rotatable bonds is 1. The Morgan fingerprint density at radius 3 is 2.39 bits per heavy atom. The van der Waals surface area contributed by atoms with Crippen molar-refractivity contribution in [1.82, 2.24) is 4.90 Å². The molecule has 1 aromatic heterocycles. The molecule has 0 bridgehead atoms. The first kappa shape index (κ1) is 16.2. The van der Waals surface area contributed by atoms with Crippen molar-refractivity contribution < 1.29 is 18.7 Å². The van der Waals surface area contributed by atoms with Gasteiger partial charge in [-0.3, -0.25) is 9.59 Å². The van der Waals surface area contributed by atoms with Gasteiger partial charge in [-0.15, -0.1) is 0 Å². The Balaban J connectivity index is 1.93. The van der Waals surface area contributed by atoms with Crippen LogP contribution in [-0.4, -0.2) is 41.9 Å². The van der Waals surface area contributed by atoms with Crippen LogP contribution in [0.4, 0.5) is 0 Å². The van der Waals surface area contributed by atoms with Crippen LogP contribution in [0, 0.1) is 12.3 Å². The Kier molecular flexibility index (Phi) is 3.87. The van der Waals surface area contributed by atoms with E-state index in [1.807, 2.05) is 20.8 Å². The van der Waals surface area contributed by atoms with Crippen LogP contribution in [0.25, 0.3) is 0 Å². The highest BCUT2D eigenvalue weighted by Crippen LogP contribution is 2.38. The molecule has 23 heavy (non-hydrogen) atoms. The van der Waals surface area contributed by atoms with E-state index in [0.29, 0.717) is 48.6 Å². The Morgan fingerprint density at radius 2 is 1.78 bits per heavy atom. The summed E-state index contributed by atoms with van der Waals surface area (Å²) in [6.07, 6.45) is 1.21. The molecule has 0 unspecified atom stereocenters. The molecule has 1 fully saturated rings. The summed E-state index contributed by atoms with van der Waals surface area (Å²) in [6.45, 7) is 10.9. The van der Waals surface area contributed by atoms with Crippen LogP contribution >= 0.6 is 0 Å². The molecular formula is C18H25NO4. The monoisotopic (exact) mass is 319 g/mol. The van der Waals surface area contributed by atoms with E-state index >= 15 is 0 Å². The maximum Gasteiger partial charge on any atom is 0.290 e. The second-order valence-electron chi connectivity index (χ2n) is 7.76. The standard InChI is InChI=1S/C18H25NO4/c1-10-8-19(9-11(2)22-10)17(21)16-12(3)15-13(20)6-18(4,5)7-14(15)23-16/h10-11H,6-9H2,1-5H3/t10-,11+. The lowest BCUT2D eigenvalue weighted by Crippen LogP contribution is -2.48. The molecule has 0 radical (unpaired) electrons. The van der Waals surface area contributed by atoms with Gasteiger partial charge in [0.25, 0.3) is 5.91 Å². The minimum Gasteiger partial charge on any atom is -0.455 e. The zero-order valence-electron chi connectivity index (χ0n) is 14.6. The summed E-state index contributed by atoms with van der Waals surface area (Å²) in [7, 11) is 0. The lowest BCUT2D eigenvalue weighted by molar-refractivity contribution is -0.0592. The lowest BCUT2D eigenvalue weighted by atomic mass is 9.76. The van der Waals surface area contributed by atoms with Crippen LogP contribution in [0.15, 0.2) is 4.42 Å². The summed E-state index contributed by atoms with van der Waals surface area (Å²) < 4.78 is 11.6. The number of fused-ring (bicyclic) bond motifs is 1. The maximum atomic E-state index is 12.9. The molecule has 5 nitrogen and oxygen atoms in total. The van der Waals surface area contributed by atoms with Gasteiger partial charge in [0.1, 0.15) is 5.76 Å². The van der Waals surface area contributed by atoms with Gasteiger partial charge in [0.15, 0.2) is 11.5 Å². The number of morpholine rings is 1. The predicted molar refractivity (Wildman–Crippen MR) is 85.8 cm³/mol. The van der Waals surface area contributed by atoms with E-state index in [2.05, 4.69) is 13.8 Å². The maximum absolute atomic E-state index is 12.9. The van der Waals surface area contributed by atoms with Crippen LogP contribution in [0.2, 0.25) is 0 Å². The molecule has 1 aromatic rings. The number of Topliss-reactive ketones (excluding diaryl/α,β-unsaturated/α-hetero) is 1. The fraction of sp³-hybridized carbons (Fsp3) is 0.667. The summed E-state index contributed by atoms with van der Waals surface area (Å²) in [5.41, 5.74) is 1.20. The Bertz CT molecular complexity index is 648. The molecule has 1 aliphatic heterocycles. The van der Waals surface area contributed by atoms with Gasteiger partial charge in [-0.25, -0.2) is 0 Å². The summed E-state index contributed by atoms with van der Waals surface area (Å²) in [5, 5.41) is 0. The number of furan rings is 1. The first-order chi connectivity index (χ1) is 10.7. The van der Waals surface area contributed by atoms with E-state index in [4.69, 9.17) is 9.15 Å². The van der Waals surface area contributed by atoms with E-state index in [-0.39, 0.29) is 29.3 Å². The number of hydrogen-bond donors (Lipinski definition) is 0. The van der Waals surface area contributed by atoms with Crippen LogP contribution < -0.4 is 0 Å². The topological polar surface area (TPSA) is 59.8 Å². The fourth-order valence-electron chi connectivity index (χ4n) is 3.77. The first-order valence-electron chi connectivity index (χ1n) is 8.28. The first-order valence-corrected chi connectivity index (χ1v) is 8.28. The van der Waals surface area contributed by atoms with Crippen LogP contribution in [0.3, 0.4) is 0 Å². The number of amides is 1. The summed E-state index contributed by atoms with van der Waals surface area (Å²) in [5.74, 6) is 0.938. The molecule has 5 heteroatoms. The van der Waals surface area contributed by atoms with Crippen molar-refractivity contribution >= 4 is 11.7 Å². The van der Waals surface area contributed by atoms with E-state index in [1.54, 1.807) is 4.90 Å². The SMILES string of the molecule is Cc1c(C(=O)N2C[C@@H](C)O[C@@H](C)C2)oc2c1C(=O)CC(C)(C)C2. The summed E-state index contributed by atoms with van der Waals surface area (Å²) in [6, 6.07) is 0. The highest BCUT2D eigenvalue weighted by molar-refractivity contribution is 6.03. The van der Waals surface area contributed by atoms with Crippen molar-refractivity contribution in [3.8, 4) is 0 Å². The quantitative estimate of drug-likeness (QED) is 0.798. The Morgan fingerprint density at radius 1 is 1.17 bits per heavy atom. The van der Waals surface area contributed by atoms with Crippen LogP contribution in [-0.2, 0) is 11.2 Å². The molecule has 0 aromatic carbocycles. The van der Waals surface area contributed by atoms with Crippen LogP contribution in [0.5, 0.6) is 0 Å². The molecule has 0 spiro atoms. The number of ketones is 1. The van der Waals surface area contributed by atoms with Gasteiger partial charge < -0.3 is 14.1 Å². The van der Waals surface area contributed by atoms with Crippen molar-refractivity contribution in [2.45, 2.75) is 59.7 Å². The number of nitrogens with zero attached hydrogens (tertiary/aromatic N) is 1. The average molecular weight is 319 g/mol. The zero-order valence-corrected chi connectivity index (χ0v) is 14.6. The second kappa shape index (κ2) is 5.48. The smallest absolute Gasteiger partial charge is 0.290 e. The number of hydrogen-bond acceptors (Lipinski definition) is 4. The molecule has 2 heterocycles. The normalized spacial score (nSPS) is 27.0. The molecule has 2 aliphatic rings. The van der Waals surface area contributed by atoms with Crippen molar-refractivity contribution in [3.63, 3.8) is 0 Å². The molecule has 126 valence electrons. The predicted octanol–water partition coefficient (Wildman–Crippen LogP) is 2.99. The Labute approximate surface area is 137 Å². The van der Waals surface area contributed by atoms with E-state index in [0.717, 1.165) is 0 Å². The third-order valence-corrected chi connectivity index (χ3v) is 4.68. The third-order valence-electron chi connectivity index (χ3n) is 4.68. The van der Waals surface area contributed by atoms with Gasteiger partial charge in [0.2, 0.25) is 0 Å². The number of carbonyl (C=O) groups is 2. The second-order valence-corrected chi connectivity index (χ2v) is 7.76. The van der Waals surface area contributed by atoms with Gasteiger partial charge in [0, 0.05) is 31.5 Å². The molecule has 1 amide bonds. The minimum atomic E-state index is -0.135. The zero-order chi connectivity index (χ0) is 16.9. The van der Waals surface area contributed by atoms with Gasteiger partial charge in [0.05, 0.1) is 17.8 Å². The largest absolute Gasteiger partial charge is 0.455 e. The van der Waals surface area contributed by atoms with Gasteiger partial charge >= 0.3 is 0 Å². The van der Waals surface area contributed by atoms with Crippen molar-refractivity contribution in [1.29, 1.82) is 0 Å². The van der Waals surface area contributed by atoms with Crippen molar-refractivity contribution in [2.75, 3.05) is 13.1 Å². The summed E-state index contributed by atoms with van der Waals surface area (Å²) in [4.78, 5) is 27.1. The van der Waals surface area contributed by atoms with Crippen molar-refractivity contribution in [2.24, 2.45) is 5.41 Å². The molecule has 1 saturated heterocycles. The number of ether oxygens (including phenoxy) is 1. The highest BCUT2D eigenvalue weighted by atomic mass is 16.5.